The van der Waals surface area contributed by atoms with Gasteiger partial charge in [0.15, 0.2) is 5.96 Å². The van der Waals surface area contributed by atoms with Crippen molar-refractivity contribution in [3.63, 3.8) is 0 Å². The fraction of sp³-hybridized carbons (Fsp3) is 0.636. The highest BCUT2D eigenvalue weighted by Gasteiger charge is 2.23. The van der Waals surface area contributed by atoms with E-state index in [-0.39, 0.29) is 30.1 Å². The normalized spacial score (nSPS) is 20.0. The van der Waals surface area contributed by atoms with E-state index in [2.05, 4.69) is 25.3 Å². The molecular weight excluding hydrogens is 511 g/mol. The van der Waals surface area contributed by atoms with Crippen molar-refractivity contribution >= 4 is 41.7 Å². The second-order valence-corrected chi connectivity index (χ2v) is 7.72. The van der Waals surface area contributed by atoms with Gasteiger partial charge in [0.1, 0.15) is 0 Å². The Morgan fingerprint density at radius 1 is 1.19 bits per heavy atom. The van der Waals surface area contributed by atoms with Crippen LogP contribution in [0.3, 0.4) is 0 Å². The summed E-state index contributed by atoms with van der Waals surface area (Å²) in [5.41, 5.74) is 1.81. The number of halogens is 1. The summed E-state index contributed by atoms with van der Waals surface area (Å²) >= 11 is 0. The summed E-state index contributed by atoms with van der Waals surface area (Å²) in [6.07, 6.45) is 5.66. The molecule has 8 nitrogen and oxygen atoms in total. The van der Waals surface area contributed by atoms with Crippen LogP contribution in [0.2, 0.25) is 0 Å². The molecule has 1 amide bonds. The number of nitrogens with one attached hydrogen (secondary N) is 2. The number of rotatable bonds is 6. The number of carbonyl (C=O) groups excluding carboxylic acids is 1. The number of nitrogens with zero attached hydrogens (tertiary/aromatic N) is 2. The third kappa shape index (κ3) is 8.46. The van der Waals surface area contributed by atoms with E-state index in [0.29, 0.717) is 18.3 Å². The summed E-state index contributed by atoms with van der Waals surface area (Å²) in [7, 11) is 3.16. The van der Waals surface area contributed by atoms with Crippen molar-refractivity contribution in [1.82, 2.24) is 10.2 Å². The Balaban J connectivity index is 0.00000341. The highest BCUT2D eigenvalue weighted by Crippen LogP contribution is 2.18. The smallest absolute Gasteiger partial charge is 0.411 e. The molecule has 0 aromatic heterocycles. The third-order valence-corrected chi connectivity index (χ3v) is 5.58. The van der Waals surface area contributed by atoms with Crippen molar-refractivity contribution in [2.24, 2.45) is 4.99 Å². The topological polar surface area (TPSA) is 84.4 Å². The molecule has 1 atom stereocenters. The van der Waals surface area contributed by atoms with E-state index in [9.17, 15) is 4.79 Å². The predicted octanol–water partition coefficient (Wildman–Crippen LogP) is 3.61. The quantitative estimate of drug-likeness (QED) is 0.322. The number of anilines is 1. The molecule has 2 aliphatic rings. The van der Waals surface area contributed by atoms with Crippen molar-refractivity contribution in [1.29, 1.82) is 0 Å². The van der Waals surface area contributed by atoms with Crippen molar-refractivity contribution < 1.29 is 19.0 Å². The van der Waals surface area contributed by atoms with Crippen molar-refractivity contribution in [2.45, 2.75) is 50.9 Å². The summed E-state index contributed by atoms with van der Waals surface area (Å²) in [4.78, 5) is 18.0. The summed E-state index contributed by atoms with van der Waals surface area (Å²) in [5, 5.41) is 6.08. The van der Waals surface area contributed by atoms with E-state index in [4.69, 9.17) is 9.47 Å². The van der Waals surface area contributed by atoms with E-state index in [1.54, 1.807) is 0 Å². The molecule has 2 saturated heterocycles. The van der Waals surface area contributed by atoms with Gasteiger partial charge in [-0.1, -0.05) is 12.1 Å². The Kier molecular flexibility index (Phi) is 11.4. The molecule has 1 aromatic carbocycles. The minimum atomic E-state index is -0.472. The van der Waals surface area contributed by atoms with Gasteiger partial charge in [0.25, 0.3) is 0 Å². The molecule has 0 spiro atoms. The summed E-state index contributed by atoms with van der Waals surface area (Å²) < 4.78 is 16.5. The lowest BCUT2D eigenvalue weighted by molar-refractivity contribution is -0.0721. The van der Waals surface area contributed by atoms with Crippen LogP contribution in [0.4, 0.5) is 10.5 Å². The number of aliphatic imine (C=N–C) groups is 1. The van der Waals surface area contributed by atoms with E-state index >= 15 is 0 Å². The molecule has 1 unspecified atom stereocenters. The minimum absolute atomic E-state index is 0. The lowest BCUT2D eigenvalue weighted by Crippen LogP contribution is -2.47. The zero-order valence-electron chi connectivity index (χ0n) is 18.5. The predicted molar refractivity (Wildman–Crippen MR) is 132 cm³/mol. The summed E-state index contributed by atoms with van der Waals surface area (Å²) in [6, 6.07) is 7.66. The zero-order valence-corrected chi connectivity index (χ0v) is 20.8. The molecule has 174 valence electrons. The van der Waals surface area contributed by atoms with Gasteiger partial charge in [0, 0.05) is 39.0 Å². The van der Waals surface area contributed by atoms with Crippen molar-refractivity contribution in [2.75, 3.05) is 45.8 Å². The Hall–Kier alpha value is -1.59. The second-order valence-electron chi connectivity index (χ2n) is 7.72. The maximum absolute atomic E-state index is 11.3. The van der Waals surface area contributed by atoms with Crippen LogP contribution in [0, 0.1) is 0 Å². The number of amides is 1. The van der Waals surface area contributed by atoms with Crippen molar-refractivity contribution in [3.05, 3.63) is 29.8 Å². The Bertz CT molecular complexity index is 687. The first kappa shape index (κ1) is 25.7. The van der Waals surface area contributed by atoms with E-state index in [1.807, 2.05) is 31.3 Å². The van der Waals surface area contributed by atoms with E-state index in [1.165, 1.54) is 20.0 Å². The van der Waals surface area contributed by atoms with Crippen LogP contribution in [0.25, 0.3) is 0 Å². The van der Waals surface area contributed by atoms with Gasteiger partial charge < -0.3 is 24.4 Å². The molecule has 0 aliphatic carbocycles. The maximum Gasteiger partial charge on any atom is 0.411 e. The second kappa shape index (κ2) is 13.7. The lowest BCUT2D eigenvalue weighted by Gasteiger charge is -2.35. The number of benzene rings is 1. The maximum atomic E-state index is 11.3. The molecular formula is C22H35IN4O4. The highest BCUT2D eigenvalue weighted by atomic mass is 127. The molecule has 2 N–H and O–H groups in total. The minimum Gasteiger partial charge on any atom is -0.453 e. The number of methoxy groups -OCH3 is 1. The largest absolute Gasteiger partial charge is 0.453 e. The zero-order chi connectivity index (χ0) is 21.2. The molecule has 0 bridgehead atoms. The molecule has 0 saturated carbocycles. The van der Waals surface area contributed by atoms with Gasteiger partial charge in [-0.15, -0.1) is 24.0 Å². The summed E-state index contributed by atoms with van der Waals surface area (Å²) in [5.74, 6) is 0.904. The number of likely N-dealkylation sites (tertiary alicyclic amines) is 1. The van der Waals surface area contributed by atoms with Crippen LogP contribution in [-0.2, 0) is 20.8 Å². The first-order valence-electron chi connectivity index (χ1n) is 10.8. The first-order chi connectivity index (χ1) is 14.7. The van der Waals surface area contributed by atoms with Crippen LogP contribution < -0.4 is 10.6 Å². The molecule has 3 rings (SSSR count). The highest BCUT2D eigenvalue weighted by molar-refractivity contribution is 14.0. The number of hydrogen-bond acceptors (Lipinski definition) is 5. The van der Waals surface area contributed by atoms with Crippen LogP contribution in [-0.4, -0.2) is 69.6 Å². The third-order valence-electron chi connectivity index (χ3n) is 5.58. The first-order valence-corrected chi connectivity index (χ1v) is 10.8. The molecule has 31 heavy (non-hydrogen) atoms. The molecule has 1 aromatic rings. The molecule has 2 heterocycles. The Labute approximate surface area is 202 Å². The lowest BCUT2D eigenvalue weighted by atomic mass is 10.1. The van der Waals surface area contributed by atoms with Gasteiger partial charge in [-0.2, -0.15) is 0 Å². The number of hydrogen-bond donors (Lipinski definition) is 2. The van der Waals surface area contributed by atoms with E-state index in [0.717, 1.165) is 57.1 Å². The van der Waals surface area contributed by atoms with Crippen LogP contribution >= 0.6 is 24.0 Å². The fourth-order valence-corrected chi connectivity index (χ4v) is 3.80. The molecule has 0 radical (unpaired) electrons. The Morgan fingerprint density at radius 2 is 1.94 bits per heavy atom. The van der Waals surface area contributed by atoms with Crippen LogP contribution in [0.15, 0.2) is 29.3 Å². The average Bonchev–Trinajstić information content (AvgIpc) is 2.80. The van der Waals surface area contributed by atoms with E-state index < -0.39 is 6.09 Å². The van der Waals surface area contributed by atoms with Gasteiger partial charge in [-0.3, -0.25) is 10.3 Å². The van der Waals surface area contributed by atoms with Crippen molar-refractivity contribution in [3.8, 4) is 0 Å². The number of ether oxygens (including phenoxy) is 3. The standard InChI is InChI=1S/C22H34N4O4.HI/c1-23-21(24-15-17-6-8-18(9-7-17)25-22(27)28-2)26-12-10-19(11-13-26)30-16-20-5-3-4-14-29-20;/h6-9,19-20H,3-5,10-16H2,1-2H3,(H,23,24)(H,25,27);1H. The number of carbonyl (C=O) groups is 1. The monoisotopic (exact) mass is 546 g/mol. The van der Waals surface area contributed by atoms with Gasteiger partial charge in [-0.25, -0.2) is 4.79 Å². The fourth-order valence-electron chi connectivity index (χ4n) is 3.80. The average molecular weight is 546 g/mol. The van der Waals surface area contributed by atoms with Crippen LogP contribution in [0.1, 0.15) is 37.7 Å². The Morgan fingerprint density at radius 3 is 2.55 bits per heavy atom. The van der Waals surface area contributed by atoms with Gasteiger partial charge in [0.05, 0.1) is 25.9 Å². The molecule has 2 aliphatic heterocycles. The van der Waals surface area contributed by atoms with Gasteiger partial charge in [0.2, 0.25) is 0 Å². The summed E-state index contributed by atoms with van der Waals surface area (Å²) in [6.45, 7) is 4.12. The number of piperidine rings is 1. The van der Waals surface area contributed by atoms with Gasteiger partial charge in [-0.05, 0) is 49.8 Å². The molecule has 9 heteroatoms. The SMILES string of the molecule is CN=C(NCc1ccc(NC(=O)OC)cc1)N1CCC(OCC2CCCCO2)CC1.I. The number of guanidine groups is 1. The van der Waals surface area contributed by atoms with Crippen LogP contribution in [0.5, 0.6) is 0 Å². The van der Waals surface area contributed by atoms with Gasteiger partial charge >= 0.3 is 6.09 Å². The molecule has 2 fully saturated rings.